The Hall–Kier alpha value is -1.45. The number of nitrogens with one attached hydrogen (secondary N) is 1. The molecule has 0 bridgehead atoms. The SMILES string of the molecule is CC(C)C.[HH].c1cnc2n[nH]nc2c1. The number of hydrogen-bond donors (Lipinski definition) is 1. The van der Waals surface area contributed by atoms with Crippen LogP contribution in [0.1, 0.15) is 22.2 Å². The molecule has 2 aromatic rings. The van der Waals surface area contributed by atoms with Gasteiger partial charge in [0, 0.05) is 7.62 Å². The first-order valence-electron chi connectivity index (χ1n) is 4.31. The number of aromatic nitrogens is 4. The Morgan fingerprint density at radius 2 is 2.00 bits per heavy atom. The van der Waals surface area contributed by atoms with E-state index in [-0.39, 0.29) is 1.43 Å². The van der Waals surface area contributed by atoms with Crippen LogP contribution in [0.3, 0.4) is 0 Å². The van der Waals surface area contributed by atoms with E-state index in [1.807, 2.05) is 12.1 Å². The highest BCUT2D eigenvalue weighted by Gasteiger charge is 1.92. The van der Waals surface area contributed by atoms with Crippen LogP contribution in [-0.2, 0) is 0 Å². The number of H-pyrrole nitrogens is 1. The maximum absolute atomic E-state index is 3.94. The van der Waals surface area contributed by atoms with Gasteiger partial charge in [0.25, 0.3) is 0 Å². The summed E-state index contributed by atoms with van der Waals surface area (Å²) in [6.45, 7) is 6.50. The molecule has 2 rings (SSSR count). The van der Waals surface area contributed by atoms with Gasteiger partial charge in [-0.15, -0.1) is 5.10 Å². The molecule has 0 saturated carbocycles. The van der Waals surface area contributed by atoms with Gasteiger partial charge in [-0.3, -0.25) is 0 Å². The van der Waals surface area contributed by atoms with Crippen molar-refractivity contribution < 1.29 is 1.43 Å². The van der Waals surface area contributed by atoms with E-state index in [1.165, 1.54) is 0 Å². The number of pyridine rings is 1. The molecule has 2 heterocycles. The predicted molar refractivity (Wildman–Crippen MR) is 54.3 cm³/mol. The molecule has 0 spiro atoms. The molecule has 1 N–H and O–H groups in total. The van der Waals surface area contributed by atoms with E-state index in [0.29, 0.717) is 5.65 Å². The number of fused-ring (bicyclic) bond motifs is 1. The number of nitrogens with zero attached hydrogens (tertiary/aromatic N) is 3. The fourth-order valence-corrected chi connectivity index (χ4v) is 0.688. The topological polar surface area (TPSA) is 54.5 Å². The first kappa shape index (κ1) is 9.64. The molecule has 0 atom stereocenters. The molecule has 2 aromatic heterocycles. The van der Waals surface area contributed by atoms with E-state index in [0.717, 1.165) is 11.4 Å². The summed E-state index contributed by atoms with van der Waals surface area (Å²) < 4.78 is 0. The zero-order valence-corrected chi connectivity index (χ0v) is 8.15. The molecule has 0 fully saturated rings. The fourth-order valence-electron chi connectivity index (χ4n) is 0.688. The molecule has 13 heavy (non-hydrogen) atoms. The Morgan fingerprint density at radius 3 is 2.62 bits per heavy atom. The second-order valence-corrected chi connectivity index (χ2v) is 3.40. The van der Waals surface area contributed by atoms with Crippen LogP contribution in [0.25, 0.3) is 11.2 Å². The second kappa shape index (κ2) is 4.54. The summed E-state index contributed by atoms with van der Waals surface area (Å²) in [5, 5.41) is 10.1. The van der Waals surface area contributed by atoms with Crippen molar-refractivity contribution in [2.24, 2.45) is 5.92 Å². The minimum absolute atomic E-state index is 0. The normalized spacial score (nSPS) is 9.85. The lowest BCUT2D eigenvalue weighted by atomic mass is 10.3. The summed E-state index contributed by atoms with van der Waals surface area (Å²) in [6, 6.07) is 3.68. The quantitative estimate of drug-likeness (QED) is 0.676. The third kappa shape index (κ3) is 3.19. The van der Waals surface area contributed by atoms with E-state index in [4.69, 9.17) is 0 Å². The molecule has 72 valence electrons. The fraction of sp³-hybridized carbons (Fsp3) is 0.444. The molecular weight excluding hydrogens is 164 g/mol. The third-order valence-corrected chi connectivity index (χ3v) is 1.09. The van der Waals surface area contributed by atoms with Crippen molar-refractivity contribution in [3.05, 3.63) is 18.3 Å². The van der Waals surface area contributed by atoms with Crippen molar-refractivity contribution >= 4 is 11.2 Å². The Morgan fingerprint density at radius 1 is 1.31 bits per heavy atom. The van der Waals surface area contributed by atoms with Gasteiger partial charge >= 0.3 is 0 Å². The van der Waals surface area contributed by atoms with E-state index in [1.54, 1.807) is 6.20 Å². The van der Waals surface area contributed by atoms with Gasteiger partial charge in [0.05, 0.1) is 0 Å². The minimum Gasteiger partial charge on any atom is -0.234 e. The second-order valence-electron chi connectivity index (χ2n) is 3.40. The monoisotopic (exact) mass is 180 g/mol. The van der Waals surface area contributed by atoms with Crippen molar-refractivity contribution in [1.29, 1.82) is 0 Å². The van der Waals surface area contributed by atoms with Crippen molar-refractivity contribution in [3.63, 3.8) is 0 Å². The summed E-state index contributed by atoms with van der Waals surface area (Å²) in [5.74, 6) is 0.833. The lowest BCUT2D eigenvalue weighted by Crippen LogP contribution is -1.71. The maximum atomic E-state index is 3.94. The number of aromatic amines is 1. The average Bonchev–Trinajstić information content (AvgIpc) is 2.49. The van der Waals surface area contributed by atoms with Crippen molar-refractivity contribution in [2.45, 2.75) is 20.8 Å². The minimum atomic E-state index is 0. The average molecular weight is 180 g/mol. The standard InChI is InChI=1S/C5H4N4.C4H10.H2/c1-2-4-5(6-3-1)8-9-7-4;1-4(2)3;/h1-3H,(H,6,7,8,9);4H,1-3H3;1H. The van der Waals surface area contributed by atoms with Crippen LogP contribution < -0.4 is 0 Å². The van der Waals surface area contributed by atoms with Crippen molar-refractivity contribution in [3.8, 4) is 0 Å². The first-order chi connectivity index (χ1) is 6.20. The summed E-state index contributed by atoms with van der Waals surface area (Å²) >= 11 is 0. The predicted octanol–water partition coefficient (Wildman–Crippen LogP) is 2.26. The van der Waals surface area contributed by atoms with Gasteiger partial charge in [-0.1, -0.05) is 20.8 Å². The zero-order chi connectivity index (χ0) is 9.68. The summed E-state index contributed by atoms with van der Waals surface area (Å²) in [4.78, 5) is 3.94. The molecule has 0 aliphatic heterocycles. The van der Waals surface area contributed by atoms with Gasteiger partial charge < -0.3 is 0 Å². The Bertz CT molecular complexity index is 325. The molecular formula is C9H16N4. The van der Waals surface area contributed by atoms with E-state index in [9.17, 15) is 0 Å². The van der Waals surface area contributed by atoms with Gasteiger partial charge in [0.1, 0.15) is 5.52 Å². The molecule has 0 unspecified atom stereocenters. The highest BCUT2D eigenvalue weighted by Crippen LogP contribution is 1.99. The van der Waals surface area contributed by atoms with Gasteiger partial charge in [-0.25, -0.2) is 4.98 Å². The maximum Gasteiger partial charge on any atom is 0.201 e. The summed E-state index contributed by atoms with van der Waals surface area (Å²) in [5.41, 5.74) is 1.47. The van der Waals surface area contributed by atoms with E-state index < -0.39 is 0 Å². The van der Waals surface area contributed by atoms with Gasteiger partial charge in [0.15, 0.2) is 0 Å². The van der Waals surface area contributed by atoms with Crippen LogP contribution in [0, 0.1) is 5.92 Å². The highest BCUT2D eigenvalue weighted by molar-refractivity contribution is 5.67. The lowest BCUT2D eigenvalue weighted by molar-refractivity contribution is 0.737. The van der Waals surface area contributed by atoms with Crippen LogP contribution in [-0.4, -0.2) is 20.4 Å². The van der Waals surface area contributed by atoms with Crippen molar-refractivity contribution in [1.82, 2.24) is 20.4 Å². The largest absolute Gasteiger partial charge is 0.234 e. The van der Waals surface area contributed by atoms with Crippen molar-refractivity contribution in [2.75, 3.05) is 0 Å². The smallest absolute Gasteiger partial charge is 0.201 e. The van der Waals surface area contributed by atoms with Gasteiger partial charge in [-0.2, -0.15) is 10.3 Å². The number of hydrogen-bond acceptors (Lipinski definition) is 3. The van der Waals surface area contributed by atoms with Crippen LogP contribution in [0.2, 0.25) is 0 Å². The van der Waals surface area contributed by atoms with E-state index >= 15 is 0 Å². The molecule has 0 saturated heterocycles. The van der Waals surface area contributed by atoms with Crippen LogP contribution in [0.15, 0.2) is 18.3 Å². The summed E-state index contributed by atoms with van der Waals surface area (Å²) in [6.07, 6.45) is 1.69. The van der Waals surface area contributed by atoms with Crippen LogP contribution in [0.5, 0.6) is 0 Å². The zero-order valence-electron chi connectivity index (χ0n) is 8.15. The van der Waals surface area contributed by atoms with Crippen LogP contribution in [0.4, 0.5) is 0 Å². The first-order valence-corrected chi connectivity index (χ1v) is 4.31. The number of rotatable bonds is 0. The van der Waals surface area contributed by atoms with Gasteiger partial charge in [0.2, 0.25) is 5.65 Å². The molecule has 0 aliphatic rings. The highest BCUT2D eigenvalue weighted by atomic mass is 15.3. The third-order valence-electron chi connectivity index (χ3n) is 1.09. The molecule has 0 radical (unpaired) electrons. The molecule has 0 aliphatic carbocycles. The molecule has 0 amide bonds. The Balaban J connectivity index is 0.000000299. The van der Waals surface area contributed by atoms with Gasteiger partial charge in [-0.05, 0) is 18.1 Å². The lowest BCUT2D eigenvalue weighted by Gasteiger charge is -1.79. The molecule has 4 nitrogen and oxygen atoms in total. The molecule has 4 heteroatoms. The van der Waals surface area contributed by atoms with E-state index in [2.05, 4.69) is 41.2 Å². The Kier molecular flexibility index (Phi) is 3.37. The molecule has 0 aromatic carbocycles. The Labute approximate surface area is 78.9 Å². The van der Waals surface area contributed by atoms with Crippen LogP contribution >= 0.6 is 0 Å². The summed E-state index contributed by atoms with van der Waals surface area (Å²) in [7, 11) is 0.